The van der Waals surface area contributed by atoms with E-state index in [1.165, 1.54) is 11.3 Å². The first kappa shape index (κ1) is 15.9. The van der Waals surface area contributed by atoms with Crippen LogP contribution in [0.2, 0.25) is 0 Å². The number of thiophene rings is 1. The van der Waals surface area contributed by atoms with Crippen LogP contribution in [0.15, 0.2) is 46.8 Å². The van der Waals surface area contributed by atoms with Gasteiger partial charge in [0.2, 0.25) is 5.91 Å². The minimum Gasteiger partial charge on any atom is -0.325 e. The van der Waals surface area contributed by atoms with Gasteiger partial charge in [-0.2, -0.15) is 11.3 Å². The Morgan fingerprint density at radius 1 is 1.33 bits per heavy atom. The number of nitrogens with zero attached hydrogens (tertiary/aromatic N) is 1. The van der Waals surface area contributed by atoms with Crippen LogP contribution in [-0.4, -0.2) is 29.3 Å². The summed E-state index contributed by atoms with van der Waals surface area (Å²) in [7, 11) is 0. The molecule has 4 amide bonds. The fraction of sp³-hybridized carbons (Fsp3) is 0.118. The van der Waals surface area contributed by atoms with E-state index in [0.29, 0.717) is 5.69 Å². The summed E-state index contributed by atoms with van der Waals surface area (Å²) in [4.78, 5) is 37.2. The molecule has 0 unspecified atom stereocenters. The van der Waals surface area contributed by atoms with E-state index >= 15 is 0 Å². The number of nitrogens with one attached hydrogen (secondary N) is 2. The second-order valence-corrected chi connectivity index (χ2v) is 6.13. The van der Waals surface area contributed by atoms with Crippen molar-refractivity contribution in [3.8, 4) is 0 Å². The summed E-state index contributed by atoms with van der Waals surface area (Å²) in [5, 5.41) is 8.91. The van der Waals surface area contributed by atoms with Gasteiger partial charge in [-0.1, -0.05) is 12.1 Å². The van der Waals surface area contributed by atoms with Crippen LogP contribution in [0.3, 0.4) is 0 Å². The first-order valence-electron chi connectivity index (χ1n) is 7.26. The zero-order valence-electron chi connectivity index (χ0n) is 12.9. The van der Waals surface area contributed by atoms with Gasteiger partial charge in [-0.05, 0) is 53.1 Å². The molecule has 0 radical (unpaired) electrons. The molecule has 2 aromatic rings. The van der Waals surface area contributed by atoms with Gasteiger partial charge in [0.25, 0.3) is 5.91 Å². The number of rotatable bonds is 4. The number of anilines is 1. The molecular formula is C17H15N3O3S. The second kappa shape index (κ2) is 6.67. The van der Waals surface area contributed by atoms with Crippen LogP contribution < -0.4 is 10.6 Å². The van der Waals surface area contributed by atoms with Crippen molar-refractivity contribution in [1.82, 2.24) is 10.2 Å². The number of hydrogen-bond acceptors (Lipinski definition) is 4. The molecule has 122 valence electrons. The normalized spacial score (nSPS) is 15.7. The highest BCUT2D eigenvalue weighted by molar-refractivity contribution is 7.08. The molecule has 1 saturated heterocycles. The summed E-state index contributed by atoms with van der Waals surface area (Å²) >= 11 is 1.49. The van der Waals surface area contributed by atoms with Crippen LogP contribution in [0, 0.1) is 6.92 Å². The largest absolute Gasteiger partial charge is 0.329 e. The van der Waals surface area contributed by atoms with Crippen molar-refractivity contribution < 1.29 is 14.4 Å². The SMILES string of the molecule is Cc1cccc(NC(=O)CN2C(=O)N/C(=C/c3ccsc3)C2=O)c1. The van der Waals surface area contributed by atoms with Gasteiger partial charge in [-0.3, -0.25) is 9.59 Å². The summed E-state index contributed by atoms with van der Waals surface area (Å²) in [6.45, 7) is 1.58. The number of hydrogen-bond donors (Lipinski definition) is 2. The molecule has 0 atom stereocenters. The third-order valence-corrected chi connectivity index (χ3v) is 4.12. The van der Waals surface area contributed by atoms with Crippen molar-refractivity contribution in [1.29, 1.82) is 0 Å². The van der Waals surface area contributed by atoms with Gasteiger partial charge in [0, 0.05) is 5.69 Å². The Balaban J connectivity index is 1.67. The van der Waals surface area contributed by atoms with Crippen molar-refractivity contribution in [2.75, 3.05) is 11.9 Å². The van der Waals surface area contributed by atoms with Gasteiger partial charge >= 0.3 is 6.03 Å². The average molecular weight is 341 g/mol. The van der Waals surface area contributed by atoms with E-state index < -0.39 is 17.8 Å². The lowest BCUT2D eigenvalue weighted by atomic mass is 10.2. The van der Waals surface area contributed by atoms with Crippen LogP contribution in [-0.2, 0) is 9.59 Å². The molecule has 1 aliphatic heterocycles. The Morgan fingerprint density at radius 3 is 2.88 bits per heavy atom. The number of urea groups is 1. The van der Waals surface area contributed by atoms with E-state index in [9.17, 15) is 14.4 Å². The lowest BCUT2D eigenvalue weighted by Gasteiger charge is -2.12. The van der Waals surface area contributed by atoms with E-state index in [0.717, 1.165) is 16.0 Å². The third kappa shape index (κ3) is 3.52. The molecule has 1 fully saturated rings. The number of benzene rings is 1. The van der Waals surface area contributed by atoms with E-state index in [4.69, 9.17) is 0 Å². The molecule has 1 aromatic heterocycles. The van der Waals surface area contributed by atoms with Crippen LogP contribution in [0.25, 0.3) is 6.08 Å². The van der Waals surface area contributed by atoms with E-state index in [-0.39, 0.29) is 12.2 Å². The van der Waals surface area contributed by atoms with Gasteiger partial charge in [-0.25, -0.2) is 9.69 Å². The molecule has 0 bridgehead atoms. The maximum Gasteiger partial charge on any atom is 0.329 e. The topological polar surface area (TPSA) is 78.5 Å². The van der Waals surface area contributed by atoms with Gasteiger partial charge in [-0.15, -0.1) is 0 Å². The third-order valence-electron chi connectivity index (χ3n) is 3.42. The summed E-state index contributed by atoms with van der Waals surface area (Å²) in [5.74, 6) is -0.938. The average Bonchev–Trinajstić information content (AvgIpc) is 3.12. The molecular weight excluding hydrogens is 326 g/mol. The number of carbonyl (C=O) groups is 3. The quantitative estimate of drug-likeness (QED) is 0.663. The van der Waals surface area contributed by atoms with E-state index in [1.54, 1.807) is 12.1 Å². The monoisotopic (exact) mass is 341 g/mol. The van der Waals surface area contributed by atoms with Gasteiger partial charge in [0.05, 0.1) is 0 Å². The van der Waals surface area contributed by atoms with Crippen molar-refractivity contribution in [3.05, 3.63) is 57.9 Å². The van der Waals surface area contributed by atoms with E-state index in [1.807, 2.05) is 41.9 Å². The molecule has 0 saturated carbocycles. The molecule has 2 N–H and O–H groups in total. The number of imide groups is 1. The molecule has 2 heterocycles. The molecule has 7 heteroatoms. The zero-order valence-corrected chi connectivity index (χ0v) is 13.7. The van der Waals surface area contributed by atoms with Crippen molar-refractivity contribution in [2.45, 2.75) is 6.92 Å². The number of aryl methyl sites for hydroxylation is 1. The molecule has 6 nitrogen and oxygen atoms in total. The molecule has 3 rings (SSSR count). The molecule has 24 heavy (non-hydrogen) atoms. The maximum absolute atomic E-state index is 12.3. The Bertz CT molecular complexity index is 827. The van der Waals surface area contributed by atoms with Crippen molar-refractivity contribution in [2.24, 2.45) is 0 Å². The van der Waals surface area contributed by atoms with Gasteiger partial charge < -0.3 is 10.6 Å². The van der Waals surface area contributed by atoms with Crippen LogP contribution in [0.4, 0.5) is 10.5 Å². The highest BCUT2D eigenvalue weighted by Gasteiger charge is 2.34. The minimum atomic E-state index is -0.596. The standard InChI is InChI=1S/C17H15N3O3S/c1-11-3-2-4-13(7-11)18-15(21)9-20-16(22)14(19-17(20)23)8-12-5-6-24-10-12/h2-8,10H,9H2,1H3,(H,18,21)(H,19,23)/b14-8+. The summed E-state index contributed by atoms with van der Waals surface area (Å²) in [5.41, 5.74) is 2.63. The molecule has 0 spiro atoms. The fourth-order valence-electron chi connectivity index (χ4n) is 2.31. The Labute approximate surface area is 142 Å². The molecule has 0 aliphatic carbocycles. The van der Waals surface area contributed by atoms with Crippen molar-refractivity contribution >= 4 is 40.9 Å². The Morgan fingerprint density at radius 2 is 2.17 bits per heavy atom. The molecule has 1 aliphatic rings. The maximum atomic E-state index is 12.3. The van der Waals surface area contributed by atoms with E-state index in [2.05, 4.69) is 10.6 Å². The molecule has 1 aromatic carbocycles. The summed E-state index contributed by atoms with van der Waals surface area (Å²) < 4.78 is 0. The first-order chi connectivity index (χ1) is 11.5. The van der Waals surface area contributed by atoms with Crippen LogP contribution in [0.5, 0.6) is 0 Å². The summed E-state index contributed by atoms with van der Waals surface area (Å²) in [6, 6.07) is 8.53. The Kier molecular flexibility index (Phi) is 4.43. The van der Waals surface area contributed by atoms with Crippen molar-refractivity contribution in [3.63, 3.8) is 0 Å². The van der Waals surface area contributed by atoms with Gasteiger partial charge in [0.1, 0.15) is 12.2 Å². The highest BCUT2D eigenvalue weighted by atomic mass is 32.1. The number of carbonyl (C=O) groups excluding carboxylic acids is 3. The Hall–Kier alpha value is -2.93. The highest BCUT2D eigenvalue weighted by Crippen LogP contribution is 2.16. The van der Waals surface area contributed by atoms with Gasteiger partial charge in [0.15, 0.2) is 0 Å². The van der Waals surface area contributed by atoms with Crippen LogP contribution in [0.1, 0.15) is 11.1 Å². The second-order valence-electron chi connectivity index (χ2n) is 5.35. The fourth-order valence-corrected chi connectivity index (χ4v) is 2.92. The predicted molar refractivity (Wildman–Crippen MR) is 92.3 cm³/mol. The van der Waals surface area contributed by atoms with Crippen LogP contribution >= 0.6 is 11.3 Å². The zero-order chi connectivity index (χ0) is 17.1. The first-order valence-corrected chi connectivity index (χ1v) is 8.20. The minimum absolute atomic E-state index is 0.168. The lowest BCUT2D eigenvalue weighted by Crippen LogP contribution is -2.38. The number of amides is 4. The lowest BCUT2D eigenvalue weighted by molar-refractivity contribution is -0.127. The predicted octanol–water partition coefficient (Wildman–Crippen LogP) is 2.59. The summed E-state index contributed by atoms with van der Waals surface area (Å²) in [6.07, 6.45) is 1.59. The smallest absolute Gasteiger partial charge is 0.325 e.